The van der Waals surface area contributed by atoms with Crippen LogP contribution in [0.3, 0.4) is 0 Å². The van der Waals surface area contributed by atoms with Crippen molar-refractivity contribution >= 4 is 44.4 Å². The molecule has 0 aliphatic heterocycles. The van der Waals surface area contributed by atoms with E-state index in [0.717, 1.165) is 27.0 Å². The average Bonchev–Trinajstić information content (AvgIpc) is 2.97. The Hall–Kier alpha value is -2.06. The number of hydrogen-bond acceptors (Lipinski definition) is 1. The molecule has 4 aromatic rings. The molecule has 5 rings (SSSR count). The summed E-state index contributed by atoms with van der Waals surface area (Å²) in [6, 6.07) is 17.3. The van der Waals surface area contributed by atoms with Gasteiger partial charge in [0.05, 0.1) is 16.1 Å². The van der Waals surface area contributed by atoms with E-state index in [1.165, 1.54) is 43.0 Å². The second kappa shape index (κ2) is 5.49. The lowest BCUT2D eigenvalue weighted by atomic mass is 9.95. The molecule has 2 nitrogen and oxygen atoms in total. The first-order valence-electron chi connectivity index (χ1n) is 8.81. The lowest BCUT2D eigenvalue weighted by Crippen LogP contribution is -2.13. The van der Waals surface area contributed by atoms with Gasteiger partial charge in [0.2, 0.25) is 0 Å². The fourth-order valence-corrected chi connectivity index (χ4v) is 4.64. The minimum absolute atomic E-state index is 0.533. The third-order valence-electron chi connectivity index (χ3n) is 5.41. The lowest BCUT2D eigenvalue weighted by Gasteiger charge is -2.24. The van der Waals surface area contributed by atoms with Crippen LogP contribution in [-0.4, -0.2) is 9.55 Å². The van der Waals surface area contributed by atoms with Gasteiger partial charge in [-0.05, 0) is 25.0 Å². The molecule has 1 aliphatic carbocycles. The highest BCUT2D eigenvalue weighted by atomic mass is 35.5. The second-order valence-corrected chi connectivity index (χ2v) is 7.20. The molecule has 1 saturated carbocycles. The van der Waals surface area contributed by atoms with Crippen LogP contribution in [0.25, 0.3) is 32.8 Å². The molecule has 0 amide bonds. The van der Waals surface area contributed by atoms with Gasteiger partial charge < -0.3 is 4.57 Å². The summed E-state index contributed by atoms with van der Waals surface area (Å²) in [4.78, 5) is 5.03. The standard InChI is InChI=1S/C21H19ClN2/c22-20-15-10-4-6-12-17(15)23-21-19(20)16-11-5-7-13-18(16)24(21)14-8-2-1-3-9-14/h4-7,10-14H,1-3,8-9H2. The van der Waals surface area contributed by atoms with Crippen molar-refractivity contribution in [2.45, 2.75) is 38.1 Å². The molecule has 2 heterocycles. The normalized spacial score (nSPS) is 16.4. The predicted octanol–water partition coefficient (Wildman–Crippen LogP) is 6.50. The van der Waals surface area contributed by atoms with Crippen LogP contribution in [0.15, 0.2) is 48.5 Å². The van der Waals surface area contributed by atoms with E-state index in [9.17, 15) is 0 Å². The second-order valence-electron chi connectivity index (χ2n) is 6.82. The van der Waals surface area contributed by atoms with Crippen molar-refractivity contribution in [3.63, 3.8) is 0 Å². The molecule has 2 aromatic carbocycles. The van der Waals surface area contributed by atoms with Crippen molar-refractivity contribution in [2.75, 3.05) is 0 Å². The molecule has 24 heavy (non-hydrogen) atoms. The van der Waals surface area contributed by atoms with Crippen LogP contribution in [0.4, 0.5) is 0 Å². The number of fused-ring (bicyclic) bond motifs is 4. The van der Waals surface area contributed by atoms with Crippen LogP contribution in [0, 0.1) is 0 Å². The molecule has 0 saturated heterocycles. The van der Waals surface area contributed by atoms with Gasteiger partial charge in [-0.1, -0.05) is 67.3 Å². The molecule has 2 aromatic heterocycles. The number of para-hydroxylation sites is 2. The maximum absolute atomic E-state index is 6.85. The Kier molecular flexibility index (Phi) is 3.27. The first-order valence-corrected chi connectivity index (χ1v) is 9.19. The molecule has 0 radical (unpaired) electrons. The van der Waals surface area contributed by atoms with E-state index in [1.807, 2.05) is 12.1 Å². The topological polar surface area (TPSA) is 17.8 Å². The summed E-state index contributed by atoms with van der Waals surface area (Å²) >= 11 is 6.85. The van der Waals surface area contributed by atoms with E-state index in [-0.39, 0.29) is 0 Å². The van der Waals surface area contributed by atoms with Crippen LogP contribution >= 0.6 is 11.6 Å². The maximum Gasteiger partial charge on any atom is 0.143 e. The van der Waals surface area contributed by atoms with Gasteiger partial charge in [-0.3, -0.25) is 0 Å². The Morgan fingerprint density at radius 2 is 1.58 bits per heavy atom. The summed E-state index contributed by atoms with van der Waals surface area (Å²) in [6.07, 6.45) is 6.44. The van der Waals surface area contributed by atoms with Crippen LogP contribution < -0.4 is 0 Å². The van der Waals surface area contributed by atoms with Gasteiger partial charge >= 0.3 is 0 Å². The first-order chi connectivity index (χ1) is 11.8. The number of halogens is 1. The predicted molar refractivity (Wildman–Crippen MR) is 102 cm³/mol. The summed E-state index contributed by atoms with van der Waals surface area (Å²) < 4.78 is 2.46. The SMILES string of the molecule is Clc1c2ccccc2nc2c1c1ccccc1n2C1CCCCC1. The van der Waals surface area contributed by atoms with Crippen molar-refractivity contribution < 1.29 is 0 Å². The van der Waals surface area contributed by atoms with Crippen LogP contribution in [0.2, 0.25) is 5.02 Å². The van der Waals surface area contributed by atoms with Crippen LogP contribution in [0.5, 0.6) is 0 Å². The minimum atomic E-state index is 0.533. The zero-order valence-electron chi connectivity index (χ0n) is 13.5. The number of benzene rings is 2. The molecule has 0 atom stereocenters. The summed E-state index contributed by atoms with van der Waals surface area (Å²) in [5.41, 5.74) is 3.30. The van der Waals surface area contributed by atoms with E-state index >= 15 is 0 Å². The van der Waals surface area contributed by atoms with Crippen molar-refractivity contribution in [3.8, 4) is 0 Å². The molecular formula is C21H19ClN2. The lowest BCUT2D eigenvalue weighted by molar-refractivity contribution is 0.366. The van der Waals surface area contributed by atoms with Crippen molar-refractivity contribution in [2.24, 2.45) is 0 Å². The van der Waals surface area contributed by atoms with Gasteiger partial charge in [0.1, 0.15) is 5.65 Å². The minimum Gasteiger partial charge on any atom is -0.322 e. The average molecular weight is 335 g/mol. The molecule has 0 N–H and O–H groups in total. The highest BCUT2D eigenvalue weighted by Crippen LogP contribution is 2.41. The van der Waals surface area contributed by atoms with Gasteiger partial charge in [0.25, 0.3) is 0 Å². The molecule has 0 unspecified atom stereocenters. The Labute approximate surface area is 146 Å². The zero-order valence-corrected chi connectivity index (χ0v) is 14.3. The molecule has 0 bridgehead atoms. The third kappa shape index (κ3) is 1.99. The van der Waals surface area contributed by atoms with Crippen LogP contribution in [-0.2, 0) is 0 Å². The van der Waals surface area contributed by atoms with Gasteiger partial charge in [-0.2, -0.15) is 0 Å². The number of rotatable bonds is 1. The number of nitrogens with zero attached hydrogens (tertiary/aromatic N) is 2. The Bertz CT molecular complexity index is 1060. The summed E-state index contributed by atoms with van der Waals surface area (Å²) in [6.45, 7) is 0. The molecule has 1 fully saturated rings. The summed E-state index contributed by atoms with van der Waals surface area (Å²) in [7, 11) is 0. The quantitative estimate of drug-likeness (QED) is 0.388. The van der Waals surface area contributed by atoms with E-state index in [1.54, 1.807) is 0 Å². The number of hydrogen-bond donors (Lipinski definition) is 0. The number of pyridine rings is 1. The van der Waals surface area contributed by atoms with E-state index in [0.29, 0.717) is 6.04 Å². The van der Waals surface area contributed by atoms with Gasteiger partial charge in [-0.15, -0.1) is 0 Å². The van der Waals surface area contributed by atoms with Crippen molar-refractivity contribution in [3.05, 3.63) is 53.6 Å². The van der Waals surface area contributed by atoms with Gasteiger partial charge in [0.15, 0.2) is 0 Å². The van der Waals surface area contributed by atoms with Crippen LogP contribution in [0.1, 0.15) is 38.1 Å². The molecule has 120 valence electrons. The monoisotopic (exact) mass is 334 g/mol. The smallest absolute Gasteiger partial charge is 0.143 e. The first kappa shape index (κ1) is 14.3. The summed E-state index contributed by atoms with van der Waals surface area (Å²) in [5.74, 6) is 0. The zero-order chi connectivity index (χ0) is 16.1. The van der Waals surface area contributed by atoms with Gasteiger partial charge in [-0.25, -0.2) is 4.98 Å². The van der Waals surface area contributed by atoms with Gasteiger partial charge in [0, 0.05) is 22.2 Å². The Morgan fingerprint density at radius 3 is 2.42 bits per heavy atom. The van der Waals surface area contributed by atoms with E-state index in [2.05, 4.69) is 41.0 Å². The highest BCUT2D eigenvalue weighted by molar-refractivity contribution is 6.42. The Morgan fingerprint density at radius 1 is 0.875 bits per heavy atom. The van der Waals surface area contributed by atoms with Crippen molar-refractivity contribution in [1.82, 2.24) is 9.55 Å². The molecular weight excluding hydrogens is 316 g/mol. The molecule has 0 spiro atoms. The summed E-state index contributed by atoms with van der Waals surface area (Å²) in [5, 5.41) is 4.21. The highest BCUT2D eigenvalue weighted by Gasteiger charge is 2.23. The third-order valence-corrected chi connectivity index (χ3v) is 5.80. The van der Waals surface area contributed by atoms with Crippen molar-refractivity contribution in [1.29, 1.82) is 0 Å². The number of aromatic nitrogens is 2. The maximum atomic E-state index is 6.85. The molecule has 3 heteroatoms. The Balaban J connectivity index is 1.95. The fourth-order valence-electron chi connectivity index (χ4n) is 4.29. The largest absolute Gasteiger partial charge is 0.322 e. The molecule has 1 aliphatic rings. The fraction of sp³-hybridized carbons (Fsp3) is 0.286. The van der Waals surface area contributed by atoms with E-state index < -0.39 is 0 Å². The van der Waals surface area contributed by atoms with E-state index in [4.69, 9.17) is 16.6 Å².